The zero-order valence-corrected chi connectivity index (χ0v) is 12.6. The Bertz CT molecular complexity index is 871. The van der Waals surface area contributed by atoms with Crippen LogP contribution in [0.5, 0.6) is 0 Å². The van der Waals surface area contributed by atoms with Gasteiger partial charge in [0.25, 0.3) is 0 Å². The van der Waals surface area contributed by atoms with E-state index in [0.717, 1.165) is 17.5 Å². The fraction of sp³-hybridized carbons (Fsp3) is 0.118. The number of aromatic nitrogens is 3. The lowest BCUT2D eigenvalue weighted by atomic mass is 10.0. The molecule has 0 fully saturated rings. The molecule has 3 aromatic rings. The van der Waals surface area contributed by atoms with Crippen molar-refractivity contribution in [2.24, 2.45) is 0 Å². The minimum Gasteiger partial charge on any atom is -0.478 e. The number of rotatable bonds is 4. The predicted molar refractivity (Wildman–Crippen MR) is 88.0 cm³/mol. The van der Waals surface area contributed by atoms with Crippen LogP contribution in [0.4, 0.5) is 5.95 Å². The average molecular weight is 308 g/mol. The summed E-state index contributed by atoms with van der Waals surface area (Å²) >= 11 is 0. The van der Waals surface area contributed by atoms with Crippen molar-refractivity contribution < 1.29 is 9.90 Å². The van der Waals surface area contributed by atoms with Crippen molar-refractivity contribution in [1.29, 1.82) is 0 Å². The summed E-state index contributed by atoms with van der Waals surface area (Å²) in [7, 11) is 0. The second kappa shape index (κ2) is 5.92. The van der Waals surface area contributed by atoms with Crippen molar-refractivity contribution in [2.45, 2.75) is 13.3 Å². The van der Waals surface area contributed by atoms with Crippen molar-refractivity contribution >= 4 is 11.9 Å². The first-order valence-electron chi connectivity index (χ1n) is 7.23. The van der Waals surface area contributed by atoms with Crippen LogP contribution in [-0.4, -0.2) is 26.0 Å². The lowest BCUT2D eigenvalue weighted by molar-refractivity contribution is 0.0698. The van der Waals surface area contributed by atoms with Gasteiger partial charge in [-0.2, -0.15) is 0 Å². The highest BCUT2D eigenvalue weighted by atomic mass is 16.4. The summed E-state index contributed by atoms with van der Waals surface area (Å²) in [6.07, 6.45) is 2.35. The smallest absolute Gasteiger partial charge is 0.337 e. The third-order valence-electron chi connectivity index (χ3n) is 3.67. The number of carbonyl (C=O) groups is 1. The number of anilines is 1. The van der Waals surface area contributed by atoms with Gasteiger partial charge in [0.1, 0.15) is 0 Å². The van der Waals surface area contributed by atoms with Crippen LogP contribution in [-0.2, 0) is 6.42 Å². The first kappa shape index (κ1) is 14.8. The molecule has 0 unspecified atom stereocenters. The van der Waals surface area contributed by atoms with Crippen LogP contribution in [0.2, 0.25) is 0 Å². The molecule has 0 atom stereocenters. The van der Waals surface area contributed by atoms with Gasteiger partial charge in [0, 0.05) is 11.8 Å². The third kappa shape index (κ3) is 2.78. The van der Waals surface area contributed by atoms with Gasteiger partial charge in [0.05, 0.1) is 22.6 Å². The molecule has 3 rings (SSSR count). The van der Waals surface area contributed by atoms with E-state index in [2.05, 4.69) is 15.0 Å². The van der Waals surface area contributed by atoms with Gasteiger partial charge in [0.2, 0.25) is 5.95 Å². The van der Waals surface area contributed by atoms with Gasteiger partial charge in [-0.15, -0.1) is 0 Å². The van der Waals surface area contributed by atoms with E-state index >= 15 is 0 Å². The monoisotopic (exact) mass is 308 g/mol. The molecule has 0 saturated carbocycles. The molecule has 0 saturated heterocycles. The Kier molecular flexibility index (Phi) is 3.80. The molecule has 1 aromatic carbocycles. The number of carboxylic acids is 1. The highest BCUT2D eigenvalue weighted by Crippen LogP contribution is 2.30. The maximum absolute atomic E-state index is 11.6. The molecule has 0 spiro atoms. The van der Waals surface area contributed by atoms with Crippen LogP contribution in [0.25, 0.3) is 22.6 Å². The number of nitrogens with one attached hydrogen (secondary N) is 1. The molecule has 0 radical (unpaired) electrons. The topological polar surface area (TPSA) is 105 Å². The third-order valence-corrected chi connectivity index (χ3v) is 3.67. The number of nitrogens with zero attached hydrogens (tertiary/aromatic N) is 2. The Morgan fingerprint density at radius 2 is 2.09 bits per heavy atom. The first-order valence-corrected chi connectivity index (χ1v) is 7.23. The van der Waals surface area contributed by atoms with E-state index in [1.807, 2.05) is 31.2 Å². The number of nitrogen functional groups attached to an aromatic ring is 1. The van der Waals surface area contributed by atoms with Crippen molar-refractivity contribution in [2.75, 3.05) is 5.73 Å². The van der Waals surface area contributed by atoms with Gasteiger partial charge in [-0.1, -0.05) is 31.2 Å². The summed E-state index contributed by atoms with van der Waals surface area (Å²) in [5.41, 5.74) is 9.48. The summed E-state index contributed by atoms with van der Waals surface area (Å²) in [5, 5.41) is 9.53. The summed E-state index contributed by atoms with van der Waals surface area (Å²) in [6, 6.07) is 11.0. The lowest BCUT2D eigenvalue weighted by Crippen LogP contribution is -1.98. The molecule has 0 aliphatic heterocycles. The Morgan fingerprint density at radius 3 is 2.78 bits per heavy atom. The Labute approximate surface area is 133 Å². The van der Waals surface area contributed by atoms with Crippen molar-refractivity contribution in [1.82, 2.24) is 15.0 Å². The largest absolute Gasteiger partial charge is 0.478 e. The van der Waals surface area contributed by atoms with Gasteiger partial charge < -0.3 is 15.8 Å². The molecule has 0 amide bonds. The highest BCUT2D eigenvalue weighted by Gasteiger charge is 2.19. The van der Waals surface area contributed by atoms with E-state index in [-0.39, 0.29) is 11.5 Å². The number of benzene rings is 1. The van der Waals surface area contributed by atoms with Gasteiger partial charge in [0.15, 0.2) is 0 Å². The van der Waals surface area contributed by atoms with Crippen LogP contribution in [0, 0.1) is 0 Å². The predicted octanol–water partition coefficient (Wildman–Crippen LogP) is 2.98. The second-order valence-corrected chi connectivity index (χ2v) is 5.09. The maximum atomic E-state index is 11.6. The molecule has 116 valence electrons. The van der Waals surface area contributed by atoms with Crippen LogP contribution in [0.3, 0.4) is 0 Å². The van der Waals surface area contributed by atoms with Crippen molar-refractivity contribution in [3.05, 3.63) is 53.7 Å². The first-order chi connectivity index (χ1) is 11.1. The molecular formula is C17H16N4O2. The van der Waals surface area contributed by atoms with E-state index in [4.69, 9.17) is 5.73 Å². The Balaban J connectivity index is 2.19. The van der Waals surface area contributed by atoms with Crippen molar-refractivity contribution in [3.8, 4) is 22.6 Å². The molecule has 4 N–H and O–H groups in total. The minimum atomic E-state index is -0.990. The summed E-state index contributed by atoms with van der Waals surface area (Å²) in [5.74, 6) is -0.847. The number of aryl methyl sites for hydroxylation is 1. The Morgan fingerprint density at radius 1 is 1.30 bits per heavy atom. The van der Waals surface area contributed by atoms with E-state index < -0.39 is 5.97 Å². The normalized spacial score (nSPS) is 10.7. The molecule has 0 aliphatic rings. The van der Waals surface area contributed by atoms with E-state index in [1.54, 1.807) is 18.3 Å². The molecule has 6 nitrogen and oxygen atoms in total. The van der Waals surface area contributed by atoms with Crippen molar-refractivity contribution in [3.63, 3.8) is 0 Å². The number of H-pyrrole nitrogens is 1. The van der Waals surface area contributed by atoms with Crippen LogP contribution >= 0.6 is 0 Å². The molecule has 23 heavy (non-hydrogen) atoms. The van der Waals surface area contributed by atoms with Gasteiger partial charge in [-0.3, -0.25) is 0 Å². The van der Waals surface area contributed by atoms with E-state index in [9.17, 15) is 9.90 Å². The molecule has 0 aliphatic carbocycles. The molecule has 0 bridgehead atoms. The number of aromatic carboxylic acids is 1. The standard InChI is InChI=1S/C17H16N4O2/c1-2-10-5-3-4-6-11(10)15-12(16(22)23)9-14(20-15)13-7-8-19-17(18)21-13/h3-9,20H,2H2,1H3,(H,22,23)(H2,18,19,21). The summed E-state index contributed by atoms with van der Waals surface area (Å²) in [6.45, 7) is 2.04. The van der Waals surface area contributed by atoms with Gasteiger partial charge in [-0.05, 0) is 24.1 Å². The van der Waals surface area contributed by atoms with Crippen LogP contribution in [0.15, 0.2) is 42.6 Å². The number of hydrogen-bond acceptors (Lipinski definition) is 4. The average Bonchev–Trinajstić information content (AvgIpc) is 3.00. The quantitative estimate of drug-likeness (QED) is 0.687. The molecule has 2 aromatic heterocycles. The van der Waals surface area contributed by atoms with Gasteiger partial charge in [-0.25, -0.2) is 14.8 Å². The minimum absolute atomic E-state index is 0.143. The summed E-state index contributed by atoms with van der Waals surface area (Å²) < 4.78 is 0. The number of aromatic amines is 1. The highest BCUT2D eigenvalue weighted by molar-refractivity contribution is 5.97. The van der Waals surface area contributed by atoms with E-state index in [1.165, 1.54) is 0 Å². The number of nitrogens with two attached hydrogens (primary N) is 1. The fourth-order valence-electron chi connectivity index (χ4n) is 2.57. The zero-order chi connectivity index (χ0) is 16.4. The van der Waals surface area contributed by atoms with Crippen LogP contribution in [0.1, 0.15) is 22.8 Å². The van der Waals surface area contributed by atoms with E-state index in [0.29, 0.717) is 17.1 Å². The zero-order valence-electron chi connectivity index (χ0n) is 12.6. The molecular weight excluding hydrogens is 292 g/mol. The summed E-state index contributed by atoms with van der Waals surface area (Å²) in [4.78, 5) is 22.8. The number of carboxylic acid groups (broad SMARTS) is 1. The second-order valence-electron chi connectivity index (χ2n) is 5.09. The number of hydrogen-bond donors (Lipinski definition) is 3. The van der Waals surface area contributed by atoms with Crippen LogP contribution < -0.4 is 5.73 Å². The molecule has 6 heteroatoms. The fourth-order valence-corrected chi connectivity index (χ4v) is 2.57. The lowest BCUT2D eigenvalue weighted by Gasteiger charge is -2.07. The maximum Gasteiger partial charge on any atom is 0.337 e. The molecule has 2 heterocycles. The SMILES string of the molecule is CCc1ccccc1-c1[nH]c(-c2ccnc(N)n2)cc1C(=O)O. The Hall–Kier alpha value is -3.15. The van der Waals surface area contributed by atoms with Gasteiger partial charge >= 0.3 is 5.97 Å².